The first-order chi connectivity index (χ1) is 16.7. The number of rotatable bonds is 8. The molecule has 3 N–H and O–H groups in total. The number of nitrogens with one attached hydrogen (secondary N) is 2. The summed E-state index contributed by atoms with van der Waals surface area (Å²) in [5.74, 6) is -0.250. The lowest BCUT2D eigenvalue weighted by Gasteiger charge is -2.33. The molecule has 0 saturated carbocycles. The zero-order chi connectivity index (χ0) is 24.8. The molecular formula is C26H33F3N4O2. The van der Waals surface area contributed by atoms with Crippen molar-refractivity contribution < 1.29 is 23.1 Å². The third-order valence-corrected chi connectivity index (χ3v) is 6.69. The van der Waals surface area contributed by atoms with Gasteiger partial charge in [-0.25, -0.2) is 0 Å². The number of anilines is 1. The first-order valence-electron chi connectivity index (χ1n) is 12.2. The first kappa shape index (κ1) is 25.5. The number of halogens is 3. The van der Waals surface area contributed by atoms with Gasteiger partial charge in [0.15, 0.2) is 0 Å². The third-order valence-electron chi connectivity index (χ3n) is 6.69. The second-order valence-electron chi connectivity index (χ2n) is 9.50. The number of amides is 1. The van der Waals surface area contributed by atoms with Crippen molar-refractivity contribution in [1.29, 1.82) is 0 Å². The van der Waals surface area contributed by atoms with Crippen molar-refractivity contribution in [1.82, 2.24) is 15.1 Å². The molecule has 0 aliphatic carbocycles. The average Bonchev–Trinajstić information content (AvgIpc) is 2.83. The maximum Gasteiger partial charge on any atom is 0.401 e. The van der Waals surface area contributed by atoms with Crippen molar-refractivity contribution in [2.75, 3.05) is 44.6 Å². The van der Waals surface area contributed by atoms with Gasteiger partial charge in [-0.2, -0.15) is 13.2 Å². The molecule has 1 atom stereocenters. The van der Waals surface area contributed by atoms with Crippen molar-refractivity contribution in [3.8, 4) is 0 Å². The molecule has 9 heteroatoms. The molecule has 1 saturated heterocycles. The van der Waals surface area contributed by atoms with E-state index in [1.807, 2.05) is 12.1 Å². The summed E-state index contributed by atoms with van der Waals surface area (Å²) in [7, 11) is 0. The molecule has 2 aliphatic rings. The van der Waals surface area contributed by atoms with Crippen LogP contribution in [0.1, 0.15) is 34.3 Å². The fourth-order valence-electron chi connectivity index (χ4n) is 4.83. The first-order valence-corrected chi connectivity index (χ1v) is 12.2. The van der Waals surface area contributed by atoms with Crippen LogP contribution in [0.2, 0.25) is 0 Å². The second-order valence-corrected chi connectivity index (χ2v) is 9.50. The van der Waals surface area contributed by atoms with E-state index in [-0.39, 0.29) is 18.5 Å². The number of hydrogen-bond acceptors (Lipinski definition) is 5. The molecule has 190 valence electrons. The Bertz CT molecular complexity index is 975. The lowest BCUT2D eigenvalue weighted by Crippen LogP contribution is -2.43. The van der Waals surface area contributed by atoms with E-state index in [2.05, 4.69) is 27.7 Å². The summed E-state index contributed by atoms with van der Waals surface area (Å²) >= 11 is 0. The molecule has 35 heavy (non-hydrogen) atoms. The largest absolute Gasteiger partial charge is 0.401 e. The molecule has 0 bridgehead atoms. The minimum Gasteiger partial charge on any atom is -0.390 e. The molecular weight excluding hydrogens is 457 g/mol. The number of carbonyl (C=O) groups excluding carboxylic acids is 1. The van der Waals surface area contributed by atoms with Gasteiger partial charge >= 0.3 is 6.18 Å². The van der Waals surface area contributed by atoms with E-state index in [0.29, 0.717) is 38.0 Å². The second kappa shape index (κ2) is 11.4. The van der Waals surface area contributed by atoms with Crippen LogP contribution in [0.25, 0.3) is 0 Å². The smallest absolute Gasteiger partial charge is 0.390 e. The SMILES string of the molecule is O=C(NCC(O)CN1CCc2ccccc2C1)c1ccc(NC2CCN(CC(F)(F)F)CC2)cc1. The van der Waals surface area contributed by atoms with Gasteiger partial charge in [0, 0.05) is 56.6 Å². The molecule has 0 radical (unpaired) electrons. The van der Waals surface area contributed by atoms with Crippen molar-refractivity contribution in [2.24, 2.45) is 0 Å². The minimum absolute atomic E-state index is 0.107. The maximum atomic E-state index is 12.5. The molecule has 2 heterocycles. The van der Waals surface area contributed by atoms with Gasteiger partial charge in [-0.3, -0.25) is 14.6 Å². The van der Waals surface area contributed by atoms with Crippen LogP contribution in [0.3, 0.4) is 0 Å². The highest BCUT2D eigenvalue weighted by Crippen LogP contribution is 2.22. The Kier molecular flexibility index (Phi) is 8.30. The van der Waals surface area contributed by atoms with Crippen molar-refractivity contribution in [3.05, 3.63) is 65.2 Å². The summed E-state index contributed by atoms with van der Waals surface area (Å²) in [5.41, 5.74) is 3.97. The Morgan fingerprint density at radius 1 is 1.00 bits per heavy atom. The van der Waals surface area contributed by atoms with Crippen LogP contribution in [0.4, 0.5) is 18.9 Å². The fourth-order valence-corrected chi connectivity index (χ4v) is 4.83. The number of fused-ring (bicyclic) bond motifs is 1. The van der Waals surface area contributed by atoms with Crippen LogP contribution in [-0.4, -0.2) is 78.4 Å². The number of aliphatic hydroxyl groups excluding tert-OH is 1. The average molecular weight is 491 g/mol. The molecule has 1 unspecified atom stereocenters. The van der Waals surface area contributed by atoms with Crippen molar-refractivity contribution >= 4 is 11.6 Å². The number of carbonyl (C=O) groups is 1. The standard InChI is InChI=1S/C26H33F3N4O2/c27-26(28,29)18-32-13-10-23(11-14-32)31-22-7-5-20(6-8-22)25(35)30-15-24(34)17-33-12-9-19-3-1-2-4-21(19)16-33/h1-8,23-24,31,34H,9-18H2,(H,30,35). The highest BCUT2D eigenvalue weighted by Gasteiger charge is 2.32. The lowest BCUT2D eigenvalue weighted by atomic mass is 10.00. The van der Waals surface area contributed by atoms with E-state index in [1.165, 1.54) is 16.0 Å². The summed E-state index contributed by atoms with van der Waals surface area (Å²) in [5, 5.41) is 16.6. The summed E-state index contributed by atoms with van der Waals surface area (Å²) in [6, 6.07) is 15.5. The van der Waals surface area contributed by atoms with Crippen LogP contribution in [0.15, 0.2) is 48.5 Å². The fraction of sp³-hybridized carbons (Fsp3) is 0.500. The van der Waals surface area contributed by atoms with Gasteiger partial charge in [-0.1, -0.05) is 24.3 Å². The quantitative estimate of drug-likeness (QED) is 0.530. The minimum atomic E-state index is -4.16. The Morgan fingerprint density at radius 3 is 2.37 bits per heavy atom. The topological polar surface area (TPSA) is 67.8 Å². The lowest BCUT2D eigenvalue weighted by molar-refractivity contribution is -0.147. The number of hydrogen-bond donors (Lipinski definition) is 3. The van der Waals surface area contributed by atoms with Gasteiger partial charge in [0.05, 0.1) is 12.6 Å². The van der Waals surface area contributed by atoms with Gasteiger partial charge in [-0.05, 0) is 54.7 Å². The summed E-state index contributed by atoms with van der Waals surface area (Å²) in [6.07, 6.45) is -2.58. The normalized spacial score (nSPS) is 18.6. The molecule has 1 fully saturated rings. The number of aliphatic hydroxyl groups is 1. The predicted molar refractivity (Wildman–Crippen MR) is 129 cm³/mol. The van der Waals surface area contributed by atoms with E-state index in [0.717, 1.165) is 25.2 Å². The zero-order valence-corrected chi connectivity index (χ0v) is 19.7. The molecule has 0 aromatic heterocycles. The predicted octanol–water partition coefficient (Wildman–Crippen LogP) is 3.27. The molecule has 1 amide bonds. The highest BCUT2D eigenvalue weighted by molar-refractivity contribution is 5.94. The van der Waals surface area contributed by atoms with Gasteiger partial charge in [0.25, 0.3) is 5.91 Å². The Labute approximate surface area is 204 Å². The third kappa shape index (κ3) is 7.68. The van der Waals surface area contributed by atoms with Crippen LogP contribution >= 0.6 is 0 Å². The summed E-state index contributed by atoms with van der Waals surface area (Å²) in [6.45, 7) is 2.32. The zero-order valence-electron chi connectivity index (χ0n) is 19.7. The van der Waals surface area contributed by atoms with Crippen LogP contribution in [-0.2, 0) is 13.0 Å². The van der Waals surface area contributed by atoms with Gasteiger partial charge < -0.3 is 15.7 Å². The van der Waals surface area contributed by atoms with E-state index in [4.69, 9.17) is 0 Å². The number of nitrogens with zero attached hydrogens (tertiary/aromatic N) is 2. The molecule has 4 rings (SSSR count). The Balaban J connectivity index is 1.17. The van der Waals surface area contributed by atoms with E-state index in [1.54, 1.807) is 24.3 Å². The Hall–Kier alpha value is -2.62. The Morgan fingerprint density at radius 2 is 1.69 bits per heavy atom. The van der Waals surface area contributed by atoms with Crippen LogP contribution < -0.4 is 10.6 Å². The number of piperidine rings is 1. The number of benzene rings is 2. The van der Waals surface area contributed by atoms with E-state index < -0.39 is 18.8 Å². The number of likely N-dealkylation sites (tertiary alicyclic amines) is 1. The monoisotopic (exact) mass is 490 g/mol. The van der Waals surface area contributed by atoms with Crippen LogP contribution in [0.5, 0.6) is 0 Å². The molecule has 2 aromatic rings. The maximum absolute atomic E-state index is 12.5. The highest BCUT2D eigenvalue weighted by atomic mass is 19.4. The van der Waals surface area contributed by atoms with Crippen LogP contribution in [0, 0.1) is 0 Å². The molecule has 0 spiro atoms. The van der Waals surface area contributed by atoms with E-state index in [9.17, 15) is 23.1 Å². The number of alkyl halides is 3. The van der Waals surface area contributed by atoms with Gasteiger partial charge in [0.1, 0.15) is 0 Å². The van der Waals surface area contributed by atoms with Gasteiger partial charge in [-0.15, -0.1) is 0 Å². The van der Waals surface area contributed by atoms with Gasteiger partial charge in [0.2, 0.25) is 0 Å². The summed E-state index contributed by atoms with van der Waals surface area (Å²) in [4.78, 5) is 16.1. The van der Waals surface area contributed by atoms with Crippen molar-refractivity contribution in [2.45, 2.75) is 44.1 Å². The molecule has 2 aromatic carbocycles. The molecule has 2 aliphatic heterocycles. The summed E-state index contributed by atoms with van der Waals surface area (Å²) < 4.78 is 37.6. The van der Waals surface area contributed by atoms with Crippen molar-refractivity contribution in [3.63, 3.8) is 0 Å². The number of β-amino-alcohol motifs (C(OH)–C–C–N with tert-alkyl or cyclic N) is 1. The molecule has 6 nitrogen and oxygen atoms in total. The van der Waals surface area contributed by atoms with E-state index >= 15 is 0 Å².